The Hall–Kier alpha value is -4.06. The summed E-state index contributed by atoms with van der Waals surface area (Å²) >= 11 is 0. The second kappa shape index (κ2) is 6.74. The predicted molar refractivity (Wildman–Crippen MR) is 118 cm³/mol. The number of hydrogen-bond donors (Lipinski definition) is 2. The van der Waals surface area contributed by atoms with E-state index in [0.717, 1.165) is 38.7 Å². The van der Waals surface area contributed by atoms with Gasteiger partial charge in [0.15, 0.2) is 0 Å². The number of anilines is 1. The molecule has 5 nitrogen and oxygen atoms in total. The highest BCUT2D eigenvalue weighted by molar-refractivity contribution is 6.01. The van der Waals surface area contributed by atoms with E-state index < -0.39 is 0 Å². The van der Waals surface area contributed by atoms with E-state index in [1.165, 1.54) is 12.1 Å². The van der Waals surface area contributed by atoms with E-state index in [9.17, 15) is 9.18 Å². The molecular formula is C25H18FN3O2. The third-order valence-corrected chi connectivity index (χ3v) is 5.89. The van der Waals surface area contributed by atoms with Crippen LogP contribution in [0.1, 0.15) is 11.1 Å². The number of urea groups is 1. The lowest BCUT2D eigenvalue weighted by Gasteiger charge is -2.16. The Morgan fingerprint density at radius 2 is 1.81 bits per heavy atom. The molecule has 3 aromatic carbocycles. The maximum absolute atomic E-state index is 13.6. The van der Waals surface area contributed by atoms with Crippen molar-refractivity contribution in [2.45, 2.75) is 13.1 Å². The minimum atomic E-state index is -0.337. The fourth-order valence-corrected chi connectivity index (χ4v) is 4.24. The maximum atomic E-state index is 13.6. The molecule has 2 amide bonds. The van der Waals surface area contributed by atoms with Crippen LogP contribution in [-0.4, -0.2) is 15.9 Å². The summed E-state index contributed by atoms with van der Waals surface area (Å²) in [6.07, 6.45) is 3.38. The molecule has 2 aromatic heterocycles. The number of nitrogens with zero attached hydrogens (tertiary/aromatic N) is 1. The number of rotatable bonds is 2. The molecule has 5 aromatic rings. The summed E-state index contributed by atoms with van der Waals surface area (Å²) < 4.78 is 19.1. The van der Waals surface area contributed by atoms with Crippen molar-refractivity contribution in [1.82, 2.24) is 9.88 Å². The first-order valence-electron chi connectivity index (χ1n) is 10.1. The van der Waals surface area contributed by atoms with Crippen LogP contribution in [0.5, 0.6) is 0 Å². The summed E-state index contributed by atoms with van der Waals surface area (Å²) in [4.78, 5) is 17.7. The monoisotopic (exact) mass is 411 g/mol. The van der Waals surface area contributed by atoms with Crippen molar-refractivity contribution in [3.05, 3.63) is 90.1 Å². The Kier molecular flexibility index (Phi) is 3.86. The summed E-state index contributed by atoms with van der Waals surface area (Å²) in [5.74, 6) is -0.337. The zero-order valence-corrected chi connectivity index (χ0v) is 16.5. The van der Waals surface area contributed by atoms with E-state index >= 15 is 0 Å². The van der Waals surface area contributed by atoms with Gasteiger partial charge in [-0.2, -0.15) is 0 Å². The molecule has 6 rings (SSSR count). The number of aromatic amines is 1. The predicted octanol–water partition coefficient (Wildman–Crippen LogP) is 6.27. The SMILES string of the molecule is O=C(Nc1c[nH]c2ccc(F)cc12)N1Cc2ccc(-c3ccc4ccoc4c3)cc2C1. The lowest BCUT2D eigenvalue weighted by molar-refractivity contribution is 0.212. The quantitative estimate of drug-likeness (QED) is 0.360. The van der Waals surface area contributed by atoms with Crippen LogP contribution in [0.2, 0.25) is 0 Å². The summed E-state index contributed by atoms with van der Waals surface area (Å²) in [7, 11) is 0. The summed E-state index contributed by atoms with van der Waals surface area (Å²) in [5, 5.41) is 4.64. The highest BCUT2D eigenvalue weighted by atomic mass is 19.1. The molecule has 0 radical (unpaired) electrons. The van der Waals surface area contributed by atoms with Crippen molar-refractivity contribution in [3.63, 3.8) is 0 Å². The van der Waals surface area contributed by atoms with Crippen LogP contribution in [0.3, 0.4) is 0 Å². The van der Waals surface area contributed by atoms with Crippen molar-refractivity contribution in [1.29, 1.82) is 0 Å². The molecule has 152 valence electrons. The van der Waals surface area contributed by atoms with Gasteiger partial charge in [0.05, 0.1) is 12.0 Å². The first kappa shape index (κ1) is 17.8. The topological polar surface area (TPSA) is 61.3 Å². The zero-order valence-electron chi connectivity index (χ0n) is 16.5. The van der Waals surface area contributed by atoms with Crippen LogP contribution in [0.15, 0.2) is 77.5 Å². The van der Waals surface area contributed by atoms with Gasteiger partial charge in [-0.25, -0.2) is 9.18 Å². The van der Waals surface area contributed by atoms with E-state index in [2.05, 4.69) is 34.6 Å². The highest BCUT2D eigenvalue weighted by Gasteiger charge is 2.24. The van der Waals surface area contributed by atoms with Gasteiger partial charge in [0.1, 0.15) is 11.4 Å². The standard InChI is InChI=1S/C25H18FN3O2/c26-20-5-6-22-21(11-20)23(12-27-22)28-25(30)29-13-18-4-3-16(9-19(18)14-29)17-2-1-15-7-8-31-24(15)10-17/h1-12,27H,13-14H2,(H,28,30). The number of hydrogen-bond acceptors (Lipinski definition) is 2. The van der Waals surface area contributed by atoms with Crippen LogP contribution >= 0.6 is 0 Å². The number of furan rings is 1. The Morgan fingerprint density at radius 3 is 2.74 bits per heavy atom. The molecule has 0 atom stereocenters. The molecule has 0 fully saturated rings. The number of nitrogens with one attached hydrogen (secondary N) is 2. The number of carbonyl (C=O) groups excluding carboxylic acids is 1. The minimum Gasteiger partial charge on any atom is -0.464 e. The van der Waals surface area contributed by atoms with E-state index in [0.29, 0.717) is 24.2 Å². The molecule has 0 saturated carbocycles. The number of aromatic nitrogens is 1. The van der Waals surface area contributed by atoms with Crippen LogP contribution in [0.4, 0.5) is 14.9 Å². The Bertz CT molecular complexity index is 1470. The second-order valence-corrected chi connectivity index (χ2v) is 7.84. The highest BCUT2D eigenvalue weighted by Crippen LogP contribution is 2.31. The summed E-state index contributed by atoms with van der Waals surface area (Å²) in [5.41, 5.74) is 6.62. The molecule has 0 spiro atoms. The number of fused-ring (bicyclic) bond motifs is 3. The largest absolute Gasteiger partial charge is 0.464 e. The maximum Gasteiger partial charge on any atom is 0.322 e. The first-order valence-corrected chi connectivity index (χ1v) is 10.1. The van der Waals surface area contributed by atoms with Crippen LogP contribution in [0, 0.1) is 5.82 Å². The number of halogens is 1. The Labute approximate surface area is 177 Å². The number of amides is 2. The molecule has 31 heavy (non-hydrogen) atoms. The second-order valence-electron chi connectivity index (χ2n) is 7.84. The third kappa shape index (κ3) is 3.04. The van der Waals surface area contributed by atoms with Gasteiger partial charge in [0, 0.05) is 35.6 Å². The van der Waals surface area contributed by atoms with E-state index in [-0.39, 0.29) is 11.8 Å². The van der Waals surface area contributed by atoms with Crippen LogP contribution < -0.4 is 5.32 Å². The summed E-state index contributed by atoms with van der Waals surface area (Å²) in [6, 6.07) is 18.7. The average Bonchev–Trinajstić information content (AvgIpc) is 3.50. The van der Waals surface area contributed by atoms with Crippen molar-refractivity contribution in [2.75, 3.05) is 5.32 Å². The van der Waals surface area contributed by atoms with Crippen LogP contribution in [0.25, 0.3) is 33.0 Å². The van der Waals surface area contributed by atoms with Gasteiger partial charge in [0.25, 0.3) is 0 Å². The Balaban J connectivity index is 1.23. The third-order valence-electron chi connectivity index (χ3n) is 5.89. The molecule has 2 N–H and O–H groups in total. The van der Waals surface area contributed by atoms with Crippen molar-refractivity contribution < 1.29 is 13.6 Å². The lowest BCUT2D eigenvalue weighted by Crippen LogP contribution is -2.30. The normalized spacial score (nSPS) is 13.1. The van der Waals surface area contributed by atoms with Gasteiger partial charge >= 0.3 is 6.03 Å². The van der Waals surface area contributed by atoms with Crippen molar-refractivity contribution in [3.8, 4) is 11.1 Å². The fourth-order valence-electron chi connectivity index (χ4n) is 4.24. The van der Waals surface area contributed by atoms with E-state index in [1.54, 1.807) is 23.4 Å². The van der Waals surface area contributed by atoms with Gasteiger partial charge < -0.3 is 19.6 Å². The van der Waals surface area contributed by atoms with Gasteiger partial charge in [-0.1, -0.05) is 24.3 Å². The fraction of sp³-hybridized carbons (Fsp3) is 0.0800. The average molecular weight is 411 g/mol. The smallest absolute Gasteiger partial charge is 0.322 e. The van der Waals surface area contributed by atoms with Crippen molar-refractivity contribution in [2.24, 2.45) is 0 Å². The number of carbonyl (C=O) groups is 1. The van der Waals surface area contributed by atoms with Crippen molar-refractivity contribution >= 4 is 33.6 Å². The molecule has 3 heterocycles. The van der Waals surface area contributed by atoms with Gasteiger partial charge in [0.2, 0.25) is 0 Å². The molecule has 1 aliphatic rings. The molecule has 0 bridgehead atoms. The molecule has 0 saturated heterocycles. The van der Waals surface area contributed by atoms with Crippen LogP contribution in [-0.2, 0) is 13.1 Å². The van der Waals surface area contributed by atoms with Gasteiger partial charge in [-0.3, -0.25) is 0 Å². The number of benzene rings is 3. The van der Waals surface area contributed by atoms with E-state index in [4.69, 9.17) is 4.42 Å². The molecule has 0 aliphatic carbocycles. The summed E-state index contributed by atoms with van der Waals surface area (Å²) in [6.45, 7) is 1.06. The molecular weight excluding hydrogens is 393 g/mol. The van der Waals surface area contributed by atoms with Gasteiger partial charge in [-0.15, -0.1) is 0 Å². The number of H-pyrrole nitrogens is 1. The molecule has 1 aliphatic heterocycles. The van der Waals surface area contributed by atoms with E-state index in [1.807, 2.05) is 18.2 Å². The molecule has 6 heteroatoms. The minimum absolute atomic E-state index is 0.208. The molecule has 0 unspecified atom stereocenters. The zero-order chi connectivity index (χ0) is 20.9. The van der Waals surface area contributed by atoms with Gasteiger partial charge in [-0.05, 0) is 58.7 Å². The first-order chi connectivity index (χ1) is 15.1. The Morgan fingerprint density at radius 1 is 0.968 bits per heavy atom. The lowest BCUT2D eigenvalue weighted by atomic mass is 10.00.